The largest absolute Gasteiger partial charge is 0.115 e. The summed E-state index contributed by atoms with van der Waals surface area (Å²) < 4.78 is 0. The Balaban J connectivity index is 1.57. The Labute approximate surface area is 161 Å². The summed E-state index contributed by atoms with van der Waals surface area (Å²) in [5.41, 5.74) is 7.79. The van der Waals surface area contributed by atoms with Gasteiger partial charge in [0, 0.05) is 11.5 Å². The van der Waals surface area contributed by atoms with E-state index in [1.165, 1.54) is 27.8 Å². The van der Waals surface area contributed by atoms with Gasteiger partial charge in [-0.2, -0.15) is 0 Å². The van der Waals surface area contributed by atoms with Crippen LogP contribution < -0.4 is 0 Å². The molecule has 0 amide bonds. The van der Waals surface area contributed by atoms with Crippen molar-refractivity contribution in [2.75, 3.05) is 0 Å². The fourth-order valence-electron chi connectivity index (χ4n) is 3.81. The van der Waals surface area contributed by atoms with Crippen LogP contribution in [0.2, 0.25) is 0 Å². The molecule has 0 nitrogen and oxygen atoms in total. The number of hydrogen-bond acceptors (Lipinski definition) is 0. The third-order valence-corrected chi connectivity index (χ3v) is 5.22. The van der Waals surface area contributed by atoms with Gasteiger partial charge in [0.2, 0.25) is 0 Å². The highest BCUT2D eigenvalue weighted by Crippen LogP contribution is 2.43. The van der Waals surface area contributed by atoms with E-state index in [1.807, 2.05) is 12.1 Å². The van der Waals surface area contributed by atoms with Crippen molar-refractivity contribution < 1.29 is 0 Å². The topological polar surface area (TPSA) is 0 Å². The van der Waals surface area contributed by atoms with Gasteiger partial charge in [0.15, 0.2) is 0 Å². The summed E-state index contributed by atoms with van der Waals surface area (Å²) in [5.74, 6) is 3.02. The van der Waals surface area contributed by atoms with Crippen molar-refractivity contribution >= 4 is 5.57 Å². The second kappa shape index (κ2) is 7.94. The van der Waals surface area contributed by atoms with Crippen molar-refractivity contribution in [2.45, 2.75) is 18.8 Å². The van der Waals surface area contributed by atoms with Crippen LogP contribution in [0.3, 0.4) is 0 Å². The van der Waals surface area contributed by atoms with Crippen molar-refractivity contribution in [2.24, 2.45) is 0 Å². The molecule has 1 unspecified atom stereocenters. The monoisotopic (exact) mass is 346 g/mol. The molecule has 0 radical (unpaired) electrons. The zero-order valence-electron chi connectivity index (χ0n) is 15.3. The Bertz CT molecular complexity index is 997. The van der Waals surface area contributed by atoms with Crippen molar-refractivity contribution in [3.8, 4) is 12.3 Å². The molecule has 3 aromatic carbocycles. The normalized spacial score (nSPS) is 15.7. The average molecular weight is 346 g/mol. The molecule has 0 N–H and O–H groups in total. The zero-order chi connectivity index (χ0) is 18.5. The quantitative estimate of drug-likeness (QED) is 0.468. The van der Waals surface area contributed by atoms with Crippen molar-refractivity contribution in [3.63, 3.8) is 0 Å². The number of terminal acetylenes is 1. The minimum absolute atomic E-state index is 0.332. The standard InChI is InChI=1S/C27H22/c1-2-21-13-15-22(16-14-21)17-18-25-19-20-26(23-9-5-3-6-10-23)27(25)24-11-7-4-8-12-24/h1,3-16,19-20,27H,17-18H2. The lowest BCUT2D eigenvalue weighted by molar-refractivity contribution is 0.865. The van der Waals surface area contributed by atoms with Gasteiger partial charge >= 0.3 is 0 Å². The summed E-state index contributed by atoms with van der Waals surface area (Å²) in [6.07, 6.45) is 12.1. The first kappa shape index (κ1) is 17.1. The Morgan fingerprint density at radius 3 is 2.04 bits per heavy atom. The Morgan fingerprint density at radius 2 is 1.37 bits per heavy atom. The van der Waals surface area contributed by atoms with Gasteiger partial charge in [-0.1, -0.05) is 96.4 Å². The van der Waals surface area contributed by atoms with Crippen LogP contribution in [-0.2, 0) is 6.42 Å². The van der Waals surface area contributed by atoms with E-state index >= 15 is 0 Å². The molecule has 27 heavy (non-hydrogen) atoms. The highest BCUT2D eigenvalue weighted by Gasteiger charge is 2.25. The molecule has 0 heteroatoms. The third-order valence-electron chi connectivity index (χ3n) is 5.22. The highest BCUT2D eigenvalue weighted by atomic mass is 14.3. The molecule has 1 aliphatic rings. The molecule has 3 aromatic rings. The second-order valence-corrected chi connectivity index (χ2v) is 6.91. The van der Waals surface area contributed by atoms with Crippen molar-refractivity contribution in [1.29, 1.82) is 0 Å². The summed E-state index contributed by atoms with van der Waals surface area (Å²) in [7, 11) is 0. The summed E-state index contributed by atoms with van der Waals surface area (Å²) in [6, 6.07) is 29.9. The lowest BCUT2D eigenvalue weighted by Crippen LogP contribution is -2.04. The van der Waals surface area contributed by atoms with E-state index in [1.54, 1.807) is 0 Å². The fourth-order valence-corrected chi connectivity index (χ4v) is 3.81. The number of rotatable bonds is 5. The van der Waals surface area contributed by atoms with Gasteiger partial charge in [0.05, 0.1) is 0 Å². The van der Waals surface area contributed by atoms with Crippen LogP contribution in [0, 0.1) is 12.3 Å². The van der Waals surface area contributed by atoms with E-state index in [2.05, 4.69) is 90.9 Å². The lowest BCUT2D eigenvalue weighted by Gasteiger charge is -2.21. The van der Waals surface area contributed by atoms with Crippen LogP contribution in [-0.4, -0.2) is 0 Å². The first-order chi connectivity index (χ1) is 13.3. The van der Waals surface area contributed by atoms with Crippen LogP contribution >= 0.6 is 0 Å². The summed E-state index contributed by atoms with van der Waals surface area (Å²) in [6.45, 7) is 0. The van der Waals surface area contributed by atoms with Crippen molar-refractivity contribution in [3.05, 3.63) is 125 Å². The SMILES string of the molecule is C#Cc1ccc(CCC2=CC=C(c3ccccc3)C2c2ccccc2)cc1. The van der Waals surface area contributed by atoms with Gasteiger partial charge in [-0.05, 0) is 47.2 Å². The van der Waals surface area contributed by atoms with Gasteiger partial charge in [-0.15, -0.1) is 6.42 Å². The van der Waals surface area contributed by atoms with E-state index in [-0.39, 0.29) is 0 Å². The van der Waals surface area contributed by atoms with Gasteiger partial charge in [-0.25, -0.2) is 0 Å². The van der Waals surface area contributed by atoms with Crippen molar-refractivity contribution in [1.82, 2.24) is 0 Å². The molecule has 4 rings (SSSR count). The number of hydrogen-bond donors (Lipinski definition) is 0. The first-order valence-electron chi connectivity index (χ1n) is 9.42. The third kappa shape index (κ3) is 3.78. The van der Waals surface area contributed by atoms with Gasteiger partial charge in [0.1, 0.15) is 0 Å². The molecule has 0 saturated carbocycles. The summed E-state index contributed by atoms with van der Waals surface area (Å²) in [5, 5.41) is 0. The maximum absolute atomic E-state index is 5.46. The molecule has 0 aliphatic heterocycles. The highest BCUT2D eigenvalue weighted by molar-refractivity contribution is 5.79. The molecular formula is C27H22. The van der Waals surface area contributed by atoms with E-state index in [0.717, 1.165) is 18.4 Å². The Hall–Kier alpha value is -3.30. The molecule has 0 aromatic heterocycles. The minimum atomic E-state index is 0.332. The molecule has 0 bridgehead atoms. The zero-order valence-corrected chi connectivity index (χ0v) is 15.3. The molecule has 1 atom stereocenters. The van der Waals surface area contributed by atoms with Gasteiger partial charge in [-0.3, -0.25) is 0 Å². The summed E-state index contributed by atoms with van der Waals surface area (Å²) in [4.78, 5) is 0. The molecular weight excluding hydrogens is 324 g/mol. The first-order valence-corrected chi connectivity index (χ1v) is 9.42. The van der Waals surface area contributed by atoms with Crippen LogP contribution in [0.1, 0.15) is 34.6 Å². The second-order valence-electron chi connectivity index (χ2n) is 6.91. The summed E-state index contributed by atoms with van der Waals surface area (Å²) >= 11 is 0. The smallest absolute Gasteiger partial charge is 0.0308 e. The number of aryl methyl sites for hydroxylation is 1. The molecule has 0 heterocycles. The fraction of sp³-hybridized carbons (Fsp3) is 0.111. The molecule has 0 fully saturated rings. The van der Waals surface area contributed by atoms with E-state index in [4.69, 9.17) is 6.42 Å². The molecule has 1 aliphatic carbocycles. The predicted octanol–water partition coefficient (Wildman–Crippen LogP) is 6.41. The van der Waals surface area contributed by atoms with Gasteiger partial charge < -0.3 is 0 Å². The van der Waals surface area contributed by atoms with Crippen LogP contribution in [0.25, 0.3) is 5.57 Å². The van der Waals surface area contributed by atoms with E-state index < -0.39 is 0 Å². The Kier molecular flexibility index (Phi) is 5.04. The van der Waals surface area contributed by atoms with Gasteiger partial charge in [0.25, 0.3) is 0 Å². The average Bonchev–Trinajstić information content (AvgIpc) is 3.18. The minimum Gasteiger partial charge on any atom is -0.115 e. The van der Waals surface area contributed by atoms with Crippen LogP contribution in [0.4, 0.5) is 0 Å². The molecule has 130 valence electrons. The van der Waals surface area contributed by atoms with E-state index in [9.17, 15) is 0 Å². The van der Waals surface area contributed by atoms with E-state index in [0.29, 0.717) is 5.92 Å². The molecule has 0 spiro atoms. The maximum atomic E-state index is 5.46. The van der Waals surface area contributed by atoms with Crippen LogP contribution in [0.15, 0.2) is 103 Å². The maximum Gasteiger partial charge on any atom is 0.0308 e. The molecule has 0 saturated heterocycles. The number of benzene rings is 3. The lowest BCUT2D eigenvalue weighted by atomic mass is 9.83. The Morgan fingerprint density at radius 1 is 0.704 bits per heavy atom. The number of allylic oxidation sites excluding steroid dienone is 4. The van der Waals surface area contributed by atoms with Crippen LogP contribution in [0.5, 0.6) is 0 Å². The predicted molar refractivity (Wildman–Crippen MR) is 114 cm³/mol.